The summed E-state index contributed by atoms with van der Waals surface area (Å²) < 4.78 is 11.0. The fourth-order valence-electron chi connectivity index (χ4n) is 2.30. The Labute approximate surface area is 132 Å². The van der Waals surface area contributed by atoms with E-state index < -0.39 is 0 Å². The second-order valence-electron chi connectivity index (χ2n) is 6.20. The fourth-order valence-corrected chi connectivity index (χ4v) is 2.30. The minimum Gasteiger partial charge on any atom is -0.380 e. The number of nitrogens with one attached hydrogen (secondary N) is 1. The number of hydrogen-bond acceptors (Lipinski definition) is 4. The Morgan fingerprint density at radius 3 is 1.81 bits per heavy atom. The molecule has 0 aliphatic carbocycles. The summed E-state index contributed by atoms with van der Waals surface area (Å²) in [5, 5.41) is 3.57. The van der Waals surface area contributed by atoms with E-state index in [1.165, 1.54) is 0 Å². The summed E-state index contributed by atoms with van der Waals surface area (Å²) in [5.41, 5.74) is 0. The largest absolute Gasteiger partial charge is 0.380 e. The first-order valence-electron chi connectivity index (χ1n) is 8.63. The average Bonchev–Trinajstić information content (AvgIpc) is 2.44. The lowest BCUT2D eigenvalue weighted by molar-refractivity contribution is 0.0538. The van der Waals surface area contributed by atoms with Crippen LogP contribution in [0.2, 0.25) is 0 Å². The zero-order valence-corrected chi connectivity index (χ0v) is 15.2. The van der Waals surface area contributed by atoms with Crippen molar-refractivity contribution in [3.05, 3.63) is 0 Å². The topological polar surface area (TPSA) is 33.7 Å². The van der Waals surface area contributed by atoms with E-state index in [1.54, 1.807) is 0 Å². The van der Waals surface area contributed by atoms with Gasteiger partial charge < -0.3 is 14.8 Å². The Morgan fingerprint density at radius 2 is 1.38 bits per heavy atom. The lowest BCUT2D eigenvalue weighted by Crippen LogP contribution is -2.44. The first-order chi connectivity index (χ1) is 10.0. The lowest BCUT2D eigenvalue weighted by atomic mass is 10.0. The second kappa shape index (κ2) is 13.5. The van der Waals surface area contributed by atoms with Crippen LogP contribution in [0.3, 0.4) is 0 Å². The van der Waals surface area contributed by atoms with E-state index in [0.29, 0.717) is 17.9 Å². The molecular formula is C17H38N2O2. The molecular weight excluding hydrogens is 264 g/mol. The van der Waals surface area contributed by atoms with Gasteiger partial charge in [0.25, 0.3) is 0 Å². The van der Waals surface area contributed by atoms with Crippen LogP contribution in [-0.2, 0) is 9.47 Å². The maximum atomic E-state index is 5.51. The van der Waals surface area contributed by atoms with Gasteiger partial charge in [0.2, 0.25) is 0 Å². The van der Waals surface area contributed by atoms with E-state index >= 15 is 0 Å². The van der Waals surface area contributed by atoms with Crippen LogP contribution in [0.1, 0.15) is 41.5 Å². The summed E-state index contributed by atoms with van der Waals surface area (Å²) in [6, 6.07) is 0.533. The SMILES string of the molecule is CCOCCN(CCOCC)C(C)C(C)CNCC(C)C. The Balaban J connectivity index is 4.20. The molecule has 0 aliphatic heterocycles. The summed E-state index contributed by atoms with van der Waals surface area (Å²) in [4.78, 5) is 2.49. The van der Waals surface area contributed by atoms with Crippen molar-refractivity contribution in [2.24, 2.45) is 11.8 Å². The van der Waals surface area contributed by atoms with Crippen molar-refractivity contribution >= 4 is 0 Å². The molecule has 0 saturated heterocycles. The molecule has 0 amide bonds. The molecule has 21 heavy (non-hydrogen) atoms. The maximum Gasteiger partial charge on any atom is 0.0593 e. The lowest BCUT2D eigenvalue weighted by Gasteiger charge is -2.33. The molecule has 0 aliphatic rings. The van der Waals surface area contributed by atoms with Gasteiger partial charge in [-0.3, -0.25) is 4.90 Å². The molecule has 0 spiro atoms. The third kappa shape index (κ3) is 11.1. The Bertz CT molecular complexity index is 215. The van der Waals surface area contributed by atoms with Gasteiger partial charge in [0.15, 0.2) is 0 Å². The van der Waals surface area contributed by atoms with Gasteiger partial charge in [0.05, 0.1) is 13.2 Å². The maximum absolute atomic E-state index is 5.51. The molecule has 2 unspecified atom stereocenters. The highest BCUT2D eigenvalue weighted by Gasteiger charge is 2.19. The number of ether oxygens (including phenoxy) is 2. The summed E-state index contributed by atoms with van der Waals surface area (Å²) in [7, 11) is 0. The highest BCUT2D eigenvalue weighted by atomic mass is 16.5. The van der Waals surface area contributed by atoms with Gasteiger partial charge in [-0.15, -0.1) is 0 Å². The number of nitrogens with zero attached hydrogens (tertiary/aromatic N) is 1. The van der Waals surface area contributed by atoms with Gasteiger partial charge in [0, 0.05) is 32.3 Å². The minimum absolute atomic E-state index is 0.533. The summed E-state index contributed by atoms with van der Waals surface area (Å²) >= 11 is 0. The first-order valence-corrected chi connectivity index (χ1v) is 8.63. The zero-order chi connectivity index (χ0) is 16.1. The number of hydrogen-bond donors (Lipinski definition) is 1. The molecule has 0 rings (SSSR count). The van der Waals surface area contributed by atoms with Crippen molar-refractivity contribution < 1.29 is 9.47 Å². The predicted molar refractivity (Wildman–Crippen MR) is 90.9 cm³/mol. The molecule has 0 aromatic heterocycles. The molecule has 0 heterocycles. The van der Waals surface area contributed by atoms with Crippen LogP contribution in [0.4, 0.5) is 0 Å². The minimum atomic E-state index is 0.533. The molecule has 2 atom stereocenters. The molecule has 0 fully saturated rings. The van der Waals surface area contributed by atoms with Gasteiger partial charge >= 0.3 is 0 Å². The van der Waals surface area contributed by atoms with Gasteiger partial charge in [-0.25, -0.2) is 0 Å². The van der Waals surface area contributed by atoms with Gasteiger partial charge in [-0.1, -0.05) is 20.8 Å². The molecule has 0 radical (unpaired) electrons. The van der Waals surface area contributed by atoms with E-state index in [-0.39, 0.29) is 0 Å². The second-order valence-corrected chi connectivity index (χ2v) is 6.20. The van der Waals surface area contributed by atoms with Crippen LogP contribution >= 0.6 is 0 Å². The van der Waals surface area contributed by atoms with Crippen LogP contribution in [0.25, 0.3) is 0 Å². The van der Waals surface area contributed by atoms with Crippen molar-refractivity contribution in [1.29, 1.82) is 0 Å². The third-order valence-electron chi connectivity index (χ3n) is 3.87. The molecule has 4 heteroatoms. The monoisotopic (exact) mass is 302 g/mol. The Hall–Kier alpha value is -0.160. The molecule has 0 bridgehead atoms. The third-order valence-corrected chi connectivity index (χ3v) is 3.87. The quantitative estimate of drug-likeness (QED) is 0.500. The van der Waals surface area contributed by atoms with E-state index in [4.69, 9.17) is 9.47 Å². The molecule has 128 valence electrons. The van der Waals surface area contributed by atoms with Crippen molar-refractivity contribution in [3.8, 4) is 0 Å². The summed E-state index contributed by atoms with van der Waals surface area (Å²) in [6.45, 7) is 20.6. The first kappa shape index (κ1) is 20.8. The van der Waals surface area contributed by atoms with E-state index in [9.17, 15) is 0 Å². The number of rotatable bonds is 14. The van der Waals surface area contributed by atoms with Crippen LogP contribution in [0.15, 0.2) is 0 Å². The van der Waals surface area contributed by atoms with E-state index in [2.05, 4.69) is 37.9 Å². The van der Waals surface area contributed by atoms with Gasteiger partial charge in [-0.05, 0) is 45.7 Å². The van der Waals surface area contributed by atoms with Crippen LogP contribution < -0.4 is 5.32 Å². The Kier molecular flexibility index (Phi) is 13.4. The van der Waals surface area contributed by atoms with Crippen LogP contribution in [-0.4, -0.2) is 63.5 Å². The van der Waals surface area contributed by atoms with Crippen LogP contribution in [0.5, 0.6) is 0 Å². The summed E-state index contributed by atoms with van der Waals surface area (Å²) in [5.74, 6) is 1.33. The smallest absolute Gasteiger partial charge is 0.0593 e. The highest BCUT2D eigenvalue weighted by Crippen LogP contribution is 2.10. The van der Waals surface area contributed by atoms with Crippen molar-refractivity contribution in [2.75, 3.05) is 52.6 Å². The Morgan fingerprint density at radius 1 is 0.857 bits per heavy atom. The molecule has 0 aromatic carbocycles. The van der Waals surface area contributed by atoms with Gasteiger partial charge in [0.1, 0.15) is 0 Å². The fraction of sp³-hybridized carbons (Fsp3) is 1.00. The van der Waals surface area contributed by atoms with E-state index in [1.807, 2.05) is 13.8 Å². The van der Waals surface area contributed by atoms with Gasteiger partial charge in [-0.2, -0.15) is 0 Å². The van der Waals surface area contributed by atoms with Crippen molar-refractivity contribution in [2.45, 2.75) is 47.6 Å². The van der Waals surface area contributed by atoms with Crippen LogP contribution in [0, 0.1) is 11.8 Å². The molecule has 1 N–H and O–H groups in total. The van der Waals surface area contributed by atoms with E-state index in [0.717, 1.165) is 52.6 Å². The normalized spacial score (nSPS) is 14.9. The molecule has 4 nitrogen and oxygen atoms in total. The standard InChI is InChI=1S/C17H38N2O2/c1-7-20-11-9-19(10-12-21-8-2)17(6)16(5)14-18-13-15(3)4/h15-18H,7-14H2,1-6H3. The molecule has 0 aromatic rings. The zero-order valence-electron chi connectivity index (χ0n) is 15.2. The highest BCUT2D eigenvalue weighted by molar-refractivity contribution is 4.75. The molecule has 0 saturated carbocycles. The average molecular weight is 303 g/mol. The predicted octanol–water partition coefficient (Wildman–Crippen LogP) is 2.63. The summed E-state index contributed by atoms with van der Waals surface area (Å²) in [6.07, 6.45) is 0. The van der Waals surface area contributed by atoms with Crippen molar-refractivity contribution in [3.63, 3.8) is 0 Å². The van der Waals surface area contributed by atoms with Crippen molar-refractivity contribution in [1.82, 2.24) is 10.2 Å².